The second-order valence-electron chi connectivity index (χ2n) is 5.23. The smallest absolute Gasteiger partial charge is 0.264 e. The maximum atomic E-state index is 12.0. The molecule has 0 fully saturated rings. The van der Waals surface area contributed by atoms with Crippen LogP contribution in [0.4, 0.5) is 5.69 Å². The molecule has 128 valence electrons. The quantitative estimate of drug-likeness (QED) is 0.670. The number of hydrogen-bond acceptors (Lipinski definition) is 6. The van der Waals surface area contributed by atoms with E-state index in [2.05, 4.69) is 26.3 Å². The van der Waals surface area contributed by atoms with Gasteiger partial charge >= 0.3 is 0 Å². The van der Waals surface area contributed by atoms with Crippen molar-refractivity contribution in [3.63, 3.8) is 0 Å². The first-order valence-corrected chi connectivity index (χ1v) is 8.83. The fourth-order valence-corrected chi connectivity index (χ4v) is 2.97. The number of thiocarbonyl (C=S) groups is 1. The van der Waals surface area contributed by atoms with Gasteiger partial charge in [0.25, 0.3) is 5.91 Å². The molecule has 0 atom stereocenters. The Morgan fingerprint density at radius 1 is 1.20 bits per heavy atom. The van der Waals surface area contributed by atoms with E-state index in [4.69, 9.17) is 17.0 Å². The maximum Gasteiger partial charge on any atom is 0.264 e. The lowest BCUT2D eigenvalue weighted by atomic mass is 10.2. The third-order valence-corrected chi connectivity index (χ3v) is 4.24. The number of aryl methyl sites for hydroxylation is 1. The van der Waals surface area contributed by atoms with Crippen molar-refractivity contribution in [3.05, 3.63) is 48.0 Å². The zero-order chi connectivity index (χ0) is 17.6. The van der Waals surface area contributed by atoms with Crippen molar-refractivity contribution in [2.24, 2.45) is 0 Å². The number of anilines is 1. The van der Waals surface area contributed by atoms with Gasteiger partial charge in [0.05, 0.1) is 17.4 Å². The highest BCUT2D eigenvalue weighted by molar-refractivity contribution is 7.80. The lowest BCUT2D eigenvalue weighted by Gasteiger charge is -2.10. The van der Waals surface area contributed by atoms with Gasteiger partial charge in [0.15, 0.2) is 11.7 Å². The minimum absolute atomic E-state index is 0.115. The number of nitrogens with zero attached hydrogens (tertiary/aromatic N) is 2. The number of amides is 1. The van der Waals surface area contributed by atoms with Crippen molar-refractivity contribution in [2.45, 2.75) is 13.3 Å². The molecule has 3 rings (SSSR count). The molecule has 2 N–H and O–H groups in total. The normalized spacial score (nSPS) is 10.4. The SMILES string of the molecule is CCc1ccc(OCC(=O)NC(=S)Nc2cccc3nsnc23)cc1. The van der Waals surface area contributed by atoms with Gasteiger partial charge in [0, 0.05) is 0 Å². The fourth-order valence-electron chi connectivity index (χ4n) is 2.19. The molecule has 8 heteroatoms. The highest BCUT2D eigenvalue weighted by Crippen LogP contribution is 2.20. The number of aromatic nitrogens is 2. The number of carbonyl (C=O) groups excluding carboxylic acids is 1. The van der Waals surface area contributed by atoms with Gasteiger partial charge in [-0.2, -0.15) is 8.75 Å². The molecular formula is C17H16N4O2S2. The molecule has 0 unspecified atom stereocenters. The number of nitrogens with one attached hydrogen (secondary N) is 2. The third kappa shape index (κ3) is 4.49. The Bertz CT molecular complexity index is 893. The van der Waals surface area contributed by atoms with Crippen LogP contribution in [-0.2, 0) is 11.2 Å². The van der Waals surface area contributed by atoms with E-state index in [1.165, 1.54) is 5.56 Å². The van der Waals surface area contributed by atoms with Gasteiger partial charge < -0.3 is 10.1 Å². The van der Waals surface area contributed by atoms with Crippen LogP contribution in [0.1, 0.15) is 12.5 Å². The van der Waals surface area contributed by atoms with Crippen LogP contribution in [0.2, 0.25) is 0 Å². The van der Waals surface area contributed by atoms with E-state index in [-0.39, 0.29) is 17.6 Å². The number of rotatable bonds is 5. The van der Waals surface area contributed by atoms with Crippen molar-refractivity contribution in [1.29, 1.82) is 0 Å². The first kappa shape index (κ1) is 17.2. The van der Waals surface area contributed by atoms with Crippen molar-refractivity contribution in [3.8, 4) is 5.75 Å². The minimum atomic E-state index is -0.333. The van der Waals surface area contributed by atoms with Crippen molar-refractivity contribution >= 4 is 51.7 Å². The second kappa shape index (κ2) is 8.00. The van der Waals surface area contributed by atoms with Crippen LogP contribution >= 0.6 is 23.9 Å². The van der Waals surface area contributed by atoms with E-state index in [0.717, 1.165) is 29.2 Å². The largest absolute Gasteiger partial charge is 0.484 e. The number of hydrogen-bond donors (Lipinski definition) is 2. The molecule has 0 saturated heterocycles. The van der Waals surface area contributed by atoms with Crippen LogP contribution in [0.5, 0.6) is 5.75 Å². The van der Waals surface area contributed by atoms with Gasteiger partial charge in [-0.3, -0.25) is 10.1 Å². The molecule has 0 aliphatic carbocycles. The molecule has 2 aromatic carbocycles. The van der Waals surface area contributed by atoms with Crippen LogP contribution in [0, 0.1) is 0 Å². The molecule has 25 heavy (non-hydrogen) atoms. The molecule has 0 saturated carbocycles. The number of fused-ring (bicyclic) bond motifs is 1. The standard InChI is InChI=1S/C17H16N4O2S2/c1-2-11-6-8-12(9-7-11)23-10-15(22)19-17(24)18-13-4-3-5-14-16(13)21-25-20-14/h3-9H,2,10H2,1H3,(H2,18,19,22,24). The van der Waals surface area contributed by atoms with E-state index in [9.17, 15) is 4.79 Å². The summed E-state index contributed by atoms with van der Waals surface area (Å²) in [4.78, 5) is 12.0. The first-order chi connectivity index (χ1) is 12.2. The van der Waals surface area contributed by atoms with Crippen LogP contribution in [0.3, 0.4) is 0 Å². The fraction of sp³-hybridized carbons (Fsp3) is 0.176. The molecule has 0 aliphatic rings. The number of carbonyl (C=O) groups is 1. The minimum Gasteiger partial charge on any atom is -0.484 e. The Morgan fingerprint density at radius 2 is 2.00 bits per heavy atom. The van der Waals surface area contributed by atoms with Crippen molar-refractivity contribution in [1.82, 2.24) is 14.1 Å². The third-order valence-electron chi connectivity index (χ3n) is 3.49. The highest BCUT2D eigenvalue weighted by Gasteiger charge is 2.09. The summed E-state index contributed by atoms with van der Waals surface area (Å²) in [5.41, 5.74) is 3.42. The average molecular weight is 372 g/mol. The van der Waals surface area contributed by atoms with Crippen molar-refractivity contribution in [2.75, 3.05) is 11.9 Å². The summed E-state index contributed by atoms with van der Waals surface area (Å²) in [5, 5.41) is 5.74. The van der Waals surface area contributed by atoms with Gasteiger partial charge in [0.1, 0.15) is 16.8 Å². The molecule has 6 nitrogen and oxygen atoms in total. The summed E-state index contributed by atoms with van der Waals surface area (Å²) in [5.74, 6) is 0.310. The second-order valence-corrected chi connectivity index (χ2v) is 6.16. The van der Waals surface area contributed by atoms with E-state index < -0.39 is 0 Å². The van der Waals surface area contributed by atoms with Gasteiger partial charge in [-0.1, -0.05) is 25.1 Å². The summed E-state index contributed by atoms with van der Waals surface area (Å²) in [7, 11) is 0. The molecule has 3 aromatic rings. The van der Waals surface area contributed by atoms with Gasteiger partial charge in [-0.15, -0.1) is 0 Å². The van der Waals surface area contributed by atoms with E-state index in [1.54, 1.807) is 0 Å². The Morgan fingerprint density at radius 3 is 2.76 bits per heavy atom. The van der Waals surface area contributed by atoms with Crippen LogP contribution in [0.25, 0.3) is 11.0 Å². The Balaban J connectivity index is 1.52. The summed E-state index contributed by atoms with van der Waals surface area (Å²) in [6.45, 7) is 1.97. The molecule has 0 spiro atoms. The summed E-state index contributed by atoms with van der Waals surface area (Å²) in [6, 6.07) is 13.2. The maximum absolute atomic E-state index is 12.0. The predicted molar refractivity (Wildman–Crippen MR) is 103 cm³/mol. The molecule has 1 amide bonds. The number of benzene rings is 2. The zero-order valence-corrected chi connectivity index (χ0v) is 15.1. The predicted octanol–water partition coefficient (Wildman–Crippen LogP) is 3.15. The monoisotopic (exact) mass is 372 g/mol. The lowest BCUT2D eigenvalue weighted by molar-refractivity contribution is -0.121. The zero-order valence-electron chi connectivity index (χ0n) is 13.5. The summed E-state index contributed by atoms with van der Waals surface area (Å²) < 4.78 is 13.8. The average Bonchev–Trinajstić information content (AvgIpc) is 3.10. The van der Waals surface area contributed by atoms with E-state index in [1.807, 2.05) is 42.5 Å². The van der Waals surface area contributed by atoms with Crippen LogP contribution in [-0.4, -0.2) is 26.4 Å². The van der Waals surface area contributed by atoms with Crippen LogP contribution in [0.15, 0.2) is 42.5 Å². The van der Waals surface area contributed by atoms with E-state index >= 15 is 0 Å². The summed E-state index contributed by atoms with van der Waals surface area (Å²) >= 11 is 6.30. The van der Waals surface area contributed by atoms with Gasteiger partial charge in [-0.25, -0.2) is 0 Å². The molecule has 0 aliphatic heterocycles. The van der Waals surface area contributed by atoms with E-state index in [0.29, 0.717) is 11.4 Å². The molecular weight excluding hydrogens is 356 g/mol. The number of ether oxygens (including phenoxy) is 1. The summed E-state index contributed by atoms with van der Waals surface area (Å²) in [6.07, 6.45) is 0.960. The van der Waals surface area contributed by atoms with Gasteiger partial charge in [0.2, 0.25) is 0 Å². The topological polar surface area (TPSA) is 76.1 Å². The highest BCUT2D eigenvalue weighted by atomic mass is 32.1. The van der Waals surface area contributed by atoms with Crippen LogP contribution < -0.4 is 15.4 Å². The molecule has 1 heterocycles. The molecule has 1 aromatic heterocycles. The molecule has 0 radical (unpaired) electrons. The van der Waals surface area contributed by atoms with Gasteiger partial charge in [-0.05, 0) is 48.5 Å². The Labute approximate surface area is 154 Å². The Hall–Kier alpha value is -2.58. The van der Waals surface area contributed by atoms with Crippen molar-refractivity contribution < 1.29 is 9.53 Å². The molecule has 0 bridgehead atoms. The first-order valence-electron chi connectivity index (χ1n) is 7.69. The lowest BCUT2D eigenvalue weighted by Crippen LogP contribution is -2.37. The Kier molecular flexibility index (Phi) is 5.52.